The molecule has 2 nitrogen and oxygen atoms in total. The molecule has 0 spiro atoms. The van der Waals surface area contributed by atoms with Crippen molar-refractivity contribution in [3.63, 3.8) is 0 Å². The molecule has 1 unspecified atom stereocenters. The number of hydrogen-bond acceptors (Lipinski definition) is 2. The van der Waals surface area contributed by atoms with Crippen molar-refractivity contribution in [1.29, 1.82) is 0 Å². The highest BCUT2D eigenvalue weighted by molar-refractivity contribution is 5.85. The predicted molar refractivity (Wildman–Crippen MR) is 75.9 cm³/mol. The minimum Gasteiger partial charge on any atom is -0.316 e. The highest BCUT2D eigenvalue weighted by Gasteiger charge is 2.11. The van der Waals surface area contributed by atoms with Crippen molar-refractivity contribution in [1.82, 2.24) is 10.6 Å². The second-order valence-corrected chi connectivity index (χ2v) is 4.65. The van der Waals surface area contributed by atoms with Crippen LogP contribution in [0, 0.1) is 5.92 Å². The summed E-state index contributed by atoms with van der Waals surface area (Å²) in [5.74, 6) is 0.838. The summed E-state index contributed by atoms with van der Waals surface area (Å²) in [6.07, 6.45) is 3.86. The number of benzene rings is 1. The molecule has 0 aliphatic carbocycles. The maximum Gasteiger partial charge on any atom is -0.000823 e. The molecular formula is C14H23ClN2. The van der Waals surface area contributed by atoms with E-state index in [9.17, 15) is 0 Å². The predicted octanol–water partition coefficient (Wildman–Crippen LogP) is 2.24. The summed E-state index contributed by atoms with van der Waals surface area (Å²) in [5, 5.41) is 7.02. The lowest BCUT2D eigenvalue weighted by Gasteiger charge is -2.22. The molecule has 3 heteroatoms. The molecule has 17 heavy (non-hydrogen) atoms. The van der Waals surface area contributed by atoms with E-state index in [1.54, 1.807) is 0 Å². The molecule has 1 aromatic carbocycles. The highest BCUT2D eigenvalue weighted by atomic mass is 35.5. The molecule has 0 radical (unpaired) electrons. The average molecular weight is 255 g/mol. The fraction of sp³-hybridized carbons (Fsp3) is 0.571. The van der Waals surface area contributed by atoms with Crippen LogP contribution in [0.3, 0.4) is 0 Å². The molecule has 1 aromatic rings. The van der Waals surface area contributed by atoms with Gasteiger partial charge in [0.25, 0.3) is 0 Å². The Morgan fingerprint density at radius 3 is 2.76 bits per heavy atom. The summed E-state index contributed by atoms with van der Waals surface area (Å²) in [5.41, 5.74) is 1.43. The van der Waals surface area contributed by atoms with Gasteiger partial charge >= 0.3 is 0 Å². The fourth-order valence-electron chi connectivity index (χ4n) is 2.28. The van der Waals surface area contributed by atoms with Crippen LogP contribution in [0.15, 0.2) is 30.3 Å². The number of halogens is 1. The van der Waals surface area contributed by atoms with Gasteiger partial charge in [0, 0.05) is 0 Å². The van der Waals surface area contributed by atoms with Crippen LogP contribution < -0.4 is 10.6 Å². The second-order valence-electron chi connectivity index (χ2n) is 4.65. The Morgan fingerprint density at radius 2 is 2.06 bits per heavy atom. The lowest BCUT2D eigenvalue weighted by molar-refractivity contribution is 0.361. The molecule has 1 heterocycles. The van der Waals surface area contributed by atoms with Crippen LogP contribution >= 0.6 is 12.4 Å². The summed E-state index contributed by atoms with van der Waals surface area (Å²) < 4.78 is 0. The standard InChI is InChI=1S/C14H22N2.ClH/c1-2-5-13(6-3-1)8-10-16-12-14-7-4-9-15-11-14;/h1-3,5-6,14-16H,4,7-12H2;1H. The SMILES string of the molecule is Cl.c1ccc(CCNCC2CCCNC2)cc1. The Hall–Kier alpha value is -0.570. The van der Waals surface area contributed by atoms with Gasteiger partial charge in [0.05, 0.1) is 0 Å². The van der Waals surface area contributed by atoms with Crippen molar-refractivity contribution in [2.45, 2.75) is 19.3 Å². The molecule has 0 saturated carbocycles. The Balaban J connectivity index is 0.00000144. The van der Waals surface area contributed by atoms with Crippen molar-refractivity contribution in [3.05, 3.63) is 35.9 Å². The third kappa shape index (κ3) is 5.53. The zero-order valence-electron chi connectivity index (χ0n) is 10.3. The summed E-state index contributed by atoms with van der Waals surface area (Å²) in [6, 6.07) is 10.7. The Kier molecular flexibility index (Phi) is 7.25. The number of hydrogen-bond donors (Lipinski definition) is 2. The lowest BCUT2D eigenvalue weighted by atomic mass is 10.00. The number of rotatable bonds is 5. The highest BCUT2D eigenvalue weighted by Crippen LogP contribution is 2.08. The van der Waals surface area contributed by atoms with Crippen molar-refractivity contribution in [2.24, 2.45) is 5.92 Å². The Morgan fingerprint density at radius 1 is 1.24 bits per heavy atom. The van der Waals surface area contributed by atoms with E-state index in [0.717, 1.165) is 18.9 Å². The number of nitrogens with one attached hydrogen (secondary N) is 2. The molecule has 96 valence electrons. The van der Waals surface area contributed by atoms with E-state index < -0.39 is 0 Å². The third-order valence-electron chi connectivity index (χ3n) is 3.27. The molecule has 0 bridgehead atoms. The second kappa shape index (κ2) is 8.51. The fourth-order valence-corrected chi connectivity index (χ4v) is 2.28. The third-order valence-corrected chi connectivity index (χ3v) is 3.27. The minimum absolute atomic E-state index is 0. The van der Waals surface area contributed by atoms with E-state index in [-0.39, 0.29) is 12.4 Å². The van der Waals surface area contributed by atoms with E-state index in [2.05, 4.69) is 41.0 Å². The lowest BCUT2D eigenvalue weighted by Crippen LogP contribution is -2.36. The zero-order chi connectivity index (χ0) is 11.1. The normalized spacial score (nSPS) is 19.6. The van der Waals surface area contributed by atoms with Gasteiger partial charge in [0.1, 0.15) is 0 Å². The first-order valence-electron chi connectivity index (χ1n) is 6.40. The summed E-state index contributed by atoms with van der Waals surface area (Å²) in [4.78, 5) is 0. The van der Waals surface area contributed by atoms with Crippen molar-refractivity contribution in [3.8, 4) is 0 Å². The summed E-state index contributed by atoms with van der Waals surface area (Å²) in [7, 11) is 0. The van der Waals surface area contributed by atoms with Gasteiger partial charge in [-0.2, -0.15) is 0 Å². The smallest absolute Gasteiger partial charge is 0.000823 e. The topological polar surface area (TPSA) is 24.1 Å². The Labute approximate surface area is 111 Å². The van der Waals surface area contributed by atoms with Gasteiger partial charge < -0.3 is 10.6 Å². The first-order valence-corrected chi connectivity index (χ1v) is 6.40. The van der Waals surface area contributed by atoms with E-state index in [1.807, 2.05) is 0 Å². The molecule has 2 N–H and O–H groups in total. The molecule has 1 fully saturated rings. The van der Waals surface area contributed by atoms with Crippen molar-refractivity contribution < 1.29 is 0 Å². The molecule has 0 aromatic heterocycles. The molecule has 0 amide bonds. The number of piperidine rings is 1. The van der Waals surface area contributed by atoms with Gasteiger partial charge in [-0.15, -0.1) is 12.4 Å². The maximum absolute atomic E-state index is 3.56. The zero-order valence-corrected chi connectivity index (χ0v) is 11.1. The van der Waals surface area contributed by atoms with Gasteiger partial charge in [-0.1, -0.05) is 30.3 Å². The quantitative estimate of drug-likeness (QED) is 0.788. The van der Waals surface area contributed by atoms with Gasteiger partial charge in [-0.25, -0.2) is 0 Å². The van der Waals surface area contributed by atoms with Crippen LogP contribution in [0.25, 0.3) is 0 Å². The van der Waals surface area contributed by atoms with Gasteiger partial charge in [0.15, 0.2) is 0 Å². The monoisotopic (exact) mass is 254 g/mol. The largest absolute Gasteiger partial charge is 0.316 e. The van der Waals surface area contributed by atoms with Gasteiger partial charge in [0.2, 0.25) is 0 Å². The van der Waals surface area contributed by atoms with Crippen LogP contribution in [0.2, 0.25) is 0 Å². The van der Waals surface area contributed by atoms with Crippen LogP contribution in [0.4, 0.5) is 0 Å². The van der Waals surface area contributed by atoms with E-state index in [1.165, 1.54) is 38.0 Å². The molecule has 1 aliphatic rings. The maximum atomic E-state index is 3.56. The minimum atomic E-state index is 0. The summed E-state index contributed by atoms with van der Waals surface area (Å²) >= 11 is 0. The summed E-state index contributed by atoms with van der Waals surface area (Å²) in [6.45, 7) is 4.67. The van der Waals surface area contributed by atoms with E-state index in [4.69, 9.17) is 0 Å². The van der Waals surface area contributed by atoms with Crippen LogP contribution in [-0.2, 0) is 6.42 Å². The van der Waals surface area contributed by atoms with Gasteiger partial charge in [-0.05, 0) is 56.9 Å². The molecular weight excluding hydrogens is 232 g/mol. The van der Waals surface area contributed by atoms with Gasteiger partial charge in [-0.3, -0.25) is 0 Å². The van der Waals surface area contributed by atoms with Crippen LogP contribution in [0.5, 0.6) is 0 Å². The van der Waals surface area contributed by atoms with Crippen LogP contribution in [-0.4, -0.2) is 26.2 Å². The first kappa shape index (κ1) is 14.5. The molecule has 1 saturated heterocycles. The average Bonchev–Trinajstić information content (AvgIpc) is 2.37. The van der Waals surface area contributed by atoms with Crippen molar-refractivity contribution in [2.75, 3.05) is 26.2 Å². The Bertz CT molecular complexity index is 284. The first-order chi connectivity index (χ1) is 7.95. The van der Waals surface area contributed by atoms with Crippen molar-refractivity contribution >= 4 is 12.4 Å². The molecule has 2 rings (SSSR count). The van der Waals surface area contributed by atoms with E-state index >= 15 is 0 Å². The molecule has 1 atom stereocenters. The van der Waals surface area contributed by atoms with E-state index in [0.29, 0.717) is 0 Å². The van der Waals surface area contributed by atoms with Crippen LogP contribution in [0.1, 0.15) is 18.4 Å². The molecule has 1 aliphatic heterocycles.